The second-order valence-electron chi connectivity index (χ2n) is 7.30. The first kappa shape index (κ1) is 22.0. The minimum absolute atomic E-state index is 0.0224. The molecular formula is C20H22F2N4O3. The highest BCUT2D eigenvalue weighted by Gasteiger charge is 2.29. The van der Waals surface area contributed by atoms with Gasteiger partial charge in [0, 0.05) is 11.8 Å². The first-order valence-corrected chi connectivity index (χ1v) is 8.93. The summed E-state index contributed by atoms with van der Waals surface area (Å²) in [5.74, 6) is -0.109. The molecule has 9 heteroatoms. The summed E-state index contributed by atoms with van der Waals surface area (Å²) >= 11 is 0. The molecule has 0 radical (unpaired) electrons. The number of amides is 1. The average Bonchev–Trinajstić information content (AvgIpc) is 2.65. The zero-order valence-electron chi connectivity index (χ0n) is 16.3. The highest BCUT2D eigenvalue weighted by atomic mass is 19.3. The number of halogens is 2. The van der Waals surface area contributed by atoms with Gasteiger partial charge in [-0.1, -0.05) is 13.8 Å². The summed E-state index contributed by atoms with van der Waals surface area (Å²) in [4.78, 5) is 18.5. The third-order valence-corrected chi connectivity index (χ3v) is 4.08. The number of hydrogen-bond acceptors (Lipinski definition) is 5. The van der Waals surface area contributed by atoms with Crippen molar-refractivity contribution in [2.45, 2.75) is 39.2 Å². The van der Waals surface area contributed by atoms with Crippen LogP contribution in [0.25, 0.3) is 11.3 Å². The van der Waals surface area contributed by atoms with Crippen molar-refractivity contribution in [2.24, 2.45) is 5.92 Å². The molecule has 0 aliphatic heterocycles. The molecular weight excluding hydrogens is 382 g/mol. The van der Waals surface area contributed by atoms with E-state index in [1.54, 1.807) is 13.0 Å². The van der Waals surface area contributed by atoms with Gasteiger partial charge >= 0.3 is 6.09 Å². The zero-order valence-corrected chi connectivity index (χ0v) is 16.3. The first-order valence-electron chi connectivity index (χ1n) is 8.93. The molecule has 7 nitrogen and oxygen atoms in total. The van der Waals surface area contributed by atoms with Gasteiger partial charge in [0.25, 0.3) is 6.43 Å². The largest absolute Gasteiger partial charge is 0.490 e. The maximum atomic E-state index is 12.8. The lowest BCUT2D eigenvalue weighted by Gasteiger charge is -2.31. The van der Waals surface area contributed by atoms with E-state index in [9.17, 15) is 18.8 Å². The summed E-state index contributed by atoms with van der Waals surface area (Å²) < 4.78 is 31.4. The van der Waals surface area contributed by atoms with E-state index in [4.69, 9.17) is 9.84 Å². The van der Waals surface area contributed by atoms with Crippen molar-refractivity contribution >= 4 is 6.09 Å². The molecule has 1 heterocycles. The summed E-state index contributed by atoms with van der Waals surface area (Å²) in [6.45, 7) is 5.68. The molecule has 0 aliphatic carbocycles. The van der Waals surface area contributed by atoms with Crippen molar-refractivity contribution < 1.29 is 23.4 Å². The SMILES string of the molecule is CC(C)CC(C)(COc1ccc(-c2ccnc(C(F)F)n2)cc1C#N)NC(=O)O. The minimum Gasteiger partial charge on any atom is -0.490 e. The van der Waals surface area contributed by atoms with E-state index in [1.165, 1.54) is 24.4 Å². The summed E-state index contributed by atoms with van der Waals surface area (Å²) in [5.41, 5.74) is 0.0637. The third-order valence-electron chi connectivity index (χ3n) is 4.08. The first-order chi connectivity index (χ1) is 13.6. The van der Waals surface area contributed by atoms with E-state index in [2.05, 4.69) is 15.3 Å². The van der Waals surface area contributed by atoms with Gasteiger partial charge in [-0.25, -0.2) is 23.5 Å². The normalized spacial score (nSPS) is 13.0. The molecule has 0 aliphatic rings. The summed E-state index contributed by atoms with van der Waals surface area (Å²) in [7, 11) is 0. The van der Waals surface area contributed by atoms with E-state index < -0.39 is 23.9 Å². The Labute approximate surface area is 167 Å². The maximum absolute atomic E-state index is 12.8. The minimum atomic E-state index is -2.80. The highest BCUT2D eigenvalue weighted by Crippen LogP contribution is 2.27. The molecule has 0 fully saturated rings. The Bertz CT molecular complexity index is 915. The molecule has 1 atom stereocenters. The fourth-order valence-corrected chi connectivity index (χ4v) is 3.08. The van der Waals surface area contributed by atoms with Crippen LogP contribution in [0.4, 0.5) is 13.6 Å². The number of nitrogens with one attached hydrogen (secondary N) is 1. The molecule has 2 N–H and O–H groups in total. The van der Waals surface area contributed by atoms with Crippen LogP contribution in [0.5, 0.6) is 5.75 Å². The van der Waals surface area contributed by atoms with Crippen LogP contribution in [0, 0.1) is 17.2 Å². The van der Waals surface area contributed by atoms with Crippen LogP contribution in [0.2, 0.25) is 0 Å². The van der Waals surface area contributed by atoms with E-state index in [1.807, 2.05) is 19.9 Å². The fraction of sp³-hybridized carbons (Fsp3) is 0.400. The van der Waals surface area contributed by atoms with Crippen LogP contribution >= 0.6 is 0 Å². The molecule has 1 aromatic carbocycles. The third kappa shape index (κ3) is 6.10. The van der Waals surface area contributed by atoms with E-state index >= 15 is 0 Å². The van der Waals surface area contributed by atoms with Crippen LogP contribution in [0.15, 0.2) is 30.5 Å². The smallest absolute Gasteiger partial charge is 0.405 e. The standard InChI is InChI=1S/C20H22F2N4O3/c1-12(2)9-20(3,26-19(27)28)11-29-16-5-4-13(8-14(16)10-23)15-6-7-24-18(25-15)17(21)22/h4-8,12,17,26H,9,11H2,1-3H3,(H,27,28). The van der Waals surface area contributed by atoms with Crippen molar-refractivity contribution in [2.75, 3.05) is 6.61 Å². The summed E-state index contributed by atoms with van der Waals surface area (Å²) in [6.07, 6.45) is -2.19. The van der Waals surface area contributed by atoms with Gasteiger partial charge in [-0.2, -0.15) is 5.26 Å². The molecule has 1 aromatic heterocycles. The molecule has 2 aromatic rings. The van der Waals surface area contributed by atoms with Crippen molar-refractivity contribution in [3.05, 3.63) is 41.9 Å². The Morgan fingerprint density at radius 1 is 1.38 bits per heavy atom. The highest BCUT2D eigenvalue weighted by molar-refractivity contribution is 5.66. The van der Waals surface area contributed by atoms with Gasteiger partial charge in [0.2, 0.25) is 0 Å². The fourth-order valence-electron chi connectivity index (χ4n) is 3.08. The Morgan fingerprint density at radius 3 is 2.69 bits per heavy atom. The quantitative estimate of drug-likeness (QED) is 0.675. The van der Waals surface area contributed by atoms with E-state index in [-0.39, 0.29) is 29.5 Å². The molecule has 2 rings (SSSR count). The van der Waals surface area contributed by atoms with Gasteiger partial charge in [0.05, 0.1) is 16.8 Å². The van der Waals surface area contributed by atoms with Crippen molar-refractivity contribution in [1.82, 2.24) is 15.3 Å². The number of benzene rings is 1. The van der Waals surface area contributed by atoms with Crippen molar-refractivity contribution in [3.8, 4) is 23.1 Å². The molecule has 1 unspecified atom stereocenters. The molecule has 0 saturated carbocycles. The Kier molecular flexibility index (Phi) is 7.04. The van der Waals surface area contributed by atoms with Crippen molar-refractivity contribution in [1.29, 1.82) is 5.26 Å². The number of carbonyl (C=O) groups is 1. The second-order valence-corrected chi connectivity index (χ2v) is 7.30. The van der Waals surface area contributed by atoms with Crippen molar-refractivity contribution in [3.63, 3.8) is 0 Å². The topological polar surface area (TPSA) is 108 Å². The molecule has 0 spiro atoms. The lowest BCUT2D eigenvalue weighted by molar-refractivity contribution is 0.140. The van der Waals surface area contributed by atoms with Gasteiger partial charge in [0.1, 0.15) is 18.4 Å². The van der Waals surface area contributed by atoms with Crippen LogP contribution in [0.3, 0.4) is 0 Å². The lowest BCUT2D eigenvalue weighted by atomic mass is 9.91. The number of aromatic nitrogens is 2. The van der Waals surface area contributed by atoms with Crippen LogP contribution in [-0.4, -0.2) is 33.3 Å². The van der Waals surface area contributed by atoms with E-state index in [0.29, 0.717) is 12.0 Å². The predicted molar refractivity (Wildman–Crippen MR) is 102 cm³/mol. The molecule has 0 bridgehead atoms. The summed E-state index contributed by atoms with van der Waals surface area (Å²) in [5, 5.41) is 21.0. The number of ether oxygens (including phenoxy) is 1. The van der Waals surface area contributed by atoms with Gasteiger partial charge < -0.3 is 15.2 Å². The number of carboxylic acid groups (broad SMARTS) is 1. The van der Waals surface area contributed by atoms with Gasteiger partial charge in [-0.05, 0) is 43.5 Å². The molecule has 154 valence electrons. The number of rotatable bonds is 8. The number of alkyl halides is 2. The second kappa shape index (κ2) is 9.28. The van der Waals surface area contributed by atoms with Gasteiger partial charge in [-0.3, -0.25) is 0 Å². The number of nitrogens with zero attached hydrogens (tertiary/aromatic N) is 3. The Morgan fingerprint density at radius 2 is 2.10 bits per heavy atom. The monoisotopic (exact) mass is 404 g/mol. The lowest BCUT2D eigenvalue weighted by Crippen LogP contribution is -2.50. The molecule has 0 saturated heterocycles. The maximum Gasteiger partial charge on any atom is 0.405 e. The number of nitriles is 1. The Hall–Kier alpha value is -3.28. The Balaban J connectivity index is 2.26. The summed E-state index contributed by atoms with van der Waals surface area (Å²) in [6, 6.07) is 8.09. The van der Waals surface area contributed by atoms with E-state index in [0.717, 1.165) is 0 Å². The van der Waals surface area contributed by atoms with Gasteiger partial charge in [0.15, 0.2) is 5.82 Å². The average molecular weight is 404 g/mol. The van der Waals surface area contributed by atoms with Gasteiger partial charge in [-0.15, -0.1) is 0 Å². The molecule has 29 heavy (non-hydrogen) atoms. The number of hydrogen-bond donors (Lipinski definition) is 2. The van der Waals surface area contributed by atoms with Crippen LogP contribution < -0.4 is 10.1 Å². The van der Waals surface area contributed by atoms with Crippen LogP contribution in [-0.2, 0) is 0 Å². The van der Waals surface area contributed by atoms with Crippen LogP contribution in [0.1, 0.15) is 45.0 Å². The zero-order chi connectivity index (χ0) is 21.6. The molecule has 1 amide bonds. The predicted octanol–water partition coefficient (Wildman–Crippen LogP) is 4.40.